The Morgan fingerprint density at radius 2 is 1.33 bits per heavy atom. The standard InChI is InChI=1S/C5H6O6.Na.H/c6-3(7)1-2(4(8)9)5(10)11;;/h2H,1H2,(H,6,7)(H,8,9)(H,10,11);;. The summed E-state index contributed by atoms with van der Waals surface area (Å²) in [6.07, 6.45) is -0.898. The van der Waals surface area contributed by atoms with Crippen molar-refractivity contribution < 1.29 is 29.7 Å². The van der Waals surface area contributed by atoms with Crippen molar-refractivity contribution in [3.05, 3.63) is 0 Å². The van der Waals surface area contributed by atoms with Gasteiger partial charge >= 0.3 is 47.5 Å². The SMILES string of the molecule is O=C(O)CC(C(=O)O)C(=O)O.[NaH]. The Morgan fingerprint density at radius 3 is 1.42 bits per heavy atom. The molecule has 0 saturated heterocycles. The van der Waals surface area contributed by atoms with E-state index in [1.165, 1.54) is 0 Å². The molecular weight excluding hydrogens is 179 g/mol. The molecule has 6 nitrogen and oxygen atoms in total. The Morgan fingerprint density at radius 1 is 1.00 bits per heavy atom. The second kappa shape index (κ2) is 5.99. The van der Waals surface area contributed by atoms with E-state index in [0.717, 1.165) is 0 Å². The summed E-state index contributed by atoms with van der Waals surface area (Å²) in [7, 11) is 0. The van der Waals surface area contributed by atoms with Crippen LogP contribution in [-0.4, -0.2) is 62.8 Å². The Hall–Kier alpha value is -0.590. The summed E-state index contributed by atoms with van der Waals surface area (Å²) in [5.41, 5.74) is 0. The molecule has 7 heteroatoms. The van der Waals surface area contributed by atoms with Crippen LogP contribution < -0.4 is 0 Å². The monoisotopic (exact) mass is 186 g/mol. The molecule has 0 atom stereocenters. The molecule has 0 saturated carbocycles. The van der Waals surface area contributed by atoms with Gasteiger partial charge in [0.1, 0.15) is 0 Å². The van der Waals surface area contributed by atoms with Gasteiger partial charge in [0, 0.05) is 0 Å². The summed E-state index contributed by atoms with van der Waals surface area (Å²) < 4.78 is 0. The first-order chi connectivity index (χ1) is 4.95. The van der Waals surface area contributed by atoms with Gasteiger partial charge in [-0.1, -0.05) is 0 Å². The second-order valence-electron chi connectivity index (χ2n) is 1.83. The molecule has 0 spiro atoms. The molecule has 0 aliphatic rings. The quantitative estimate of drug-likeness (QED) is 0.367. The first-order valence-electron chi connectivity index (χ1n) is 2.62. The predicted octanol–water partition coefficient (Wildman–Crippen LogP) is -1.40. The molecule has 0 aromatic rings. The average molecular weight is 186 g/mol. The van der Waals surface area contributed by atoms with E-state index in [1.54, 1.807) is 0 Å². The molecular formula is C5H7NaO6. The third-order valence-electron chi connectivity index (χ3n) is 0.975. The van der Waals surface area contributed by atoms with Crippen LogP contribution in [0.15, 0.2) is 0 Å². The van der Waals surface area contributed by atoms with Crippen molar-refractivity contribution in [3.8, 4) is 0 Å². The number of hydrogen-bond donors (Lipinski definition) is 3. The fourth-order valence-corrected chi connectivity index (χ4v) is 0.455. The van der Waals surface area contributed by atoms with Crippen molar-refractivity contribution in [2.75, 3.05) is 0 Å². The van der Waals surface area contributed by atoms with Crippen molar-refractivity contribution in [1.82, 2.24) is 0 Å². The minimum absolute atomic E-state index is 0. The van der Waals surface area contributed by atoms with Crippen LogP contribution in [0.2, 0.25) is 0 Å². The van der Waals surface area contributed by atoms with Crippen LogP contribution >= 0.6 is 0 Å². The molecule has 0 aliphatic heterocycles. The van der Waals surface area contributed by atoms with E-state index >= 15 is 0 Å². The van der Waals surface area contributed by atoms with E-state index in [0.29, 0.717) is 0 Å². The maximum absolute atomic E-state index is 10.0. The van der Waals surface area contributed by atoms with E-state index in [4.69, 9.17) is 15.3 Å². The summed E-state index contributed by atoms with van der Waals surface area (Å²) in [6.45, 7) is 0. The summed E-state index contributed by atoms with van der Waals surface area (Å²) in [6, 6.07) is 0. The van der Waals surface area contributed by atoms with Crippen LogP contribution in [0.5, 0.6) is 0 Å². The summed E-state index contributed by atoms with van der Waals surface area (Å²) in [4.78, 5) is 30.0. The number of carboxylic acids is 3. The number of carboxylic acid groups (broad SMARTS) is 3. The van der Waals surface area contributed by atoms with Crippen LogP contribution in [0.25, 0.3) is 0 Å². The van der Waals surface area contributed by atoms with Gasteiger partial charge < -0.3 is 15.3 Å². The molecule has 3 N–H and O–H groups in total. The predicted molar refractivity (Wildman–Crippen MR) is 38.2 cm³/mol. The Kier molecular flexibility index (Phi) is 6.96. The molecule has 0 aromatic carbocycles. The Labute approximate surface area is 89.5 Å². The van der Waals surface area contributed by atoms with Crippen molar-refractivity contribution in [1.29, 1.82) is 0 Å². The zero-order chi connectivity index (χ0) is 9.02. The van der Waals surface area contributed by atoms with Gasteiger partial charge in [-0.3, -0.25) is 14.4 Å². The molecule has 0 fully saturated rings. The van der Waals surface area contributed by atoms with Gasteiger partial charge in [-0.25, -0.2) is 0 Å². The van der Waals surface area contributed by atoms with Gasteiger partial charge in [-0.2, -0.15) is 0 Å². The zero-order valence-corrected chi connectivity index (χ0v) is 5.35. The molecule has 12 heavy (non-hydrogen) atoms. The summed E-state index contributed by atoms with van der Waals surface area (Å²) in [5.74, 6) is -6.58. The topological polar surface area (TPSA) is 112 Å². The molecule has 0 aliphatic carbocycles. The fourth-order valence-electron chi connectivity index (χ4n) is 0.455. The summed E-state index contributed by atoms with van der Waals surface area (Å²) >= 11 is 0. The molecule has 0 radical (unpaired) electrons. The van der Waals surface area contributed by atoms with E-state index in [-0.39, 0.29) is 29.6 Å². The van der Waals surface area contributed by atoms with Gasteiger partial charge in [0.2, 0.25) is 0 Å². The van der Waals surface area contributed by atoms with E-state index in [1.807, 2.05) is 0 Å². The molecule has 0 rings (SSSR count). The molecule has 0 aromatic heterocycles. The first kappa shape index (κ1) is 14.0. The molecule has 0 amide bonds. The zero-order valence-electron chi connectivity index (χ0n) is 5.35. The second-order valence-corrected chi connectivity index (χ2v) is 1.83. The summed E-state index contributed by atoms with van der Waals surface area (Å²) in [5, 5.41) is 24.4. The van der Waals surface area contributed by atoms with Crippen LogP contribution in [-0.2, 0) is 14.4 Å². The maximum atomic E-state index is 10.0. The number of aliphatic carboxylic acids is 3. The molecule has 0 bridgehead atoms. The van der Waals surface area contributed by atoms with E-state index < -0.39 is 30.2 Å². The minimum atomic E-state index is -1.85. The van der Waals surface area contributed by atoms with Crippen molar-refractivity contribution in [2.45, 2.75) is 6.42 Å². The van der Waals surface area contributed by atoms with Crippen molar-refractivity contribution in [2.24, 2.45) is 5.92 Å². The Balaban J connectivity index is 0. The van der Waals surface area contributed by atoms with Crippen molar-refractivity contribution >= 4 is 47.5 Å². The first-order valence-corrected chi connectivity index (χ1v) is 2.62. The van der Waals surface area contributed by atoms with Crippen molar-refractivity contribution in [3.63, 3.8) is 0 Å². The van der Waals surface area contributed by atoms with E-state index in [2.05, 4.69) is 0 Å². The molecule has 0 heterocycles. The van der Waals surface area contributed by atoms with Gasteiger partial charge in [-0.05, 0) is 0 Å². The van der Waals surface area contributed by atoms with Gasteiger partial charge in [-0.15, -0.1) is 0 Å². The normalized spacial score (nSPS) is 8.75. The number of hydrogen-bond acceptors (Lipinski definition) is 3. The average Bonchev–Trinajstić information content (AvgIpc) is 1.81. The number of carbonyl (C=O) groups is 3. The van der Waals surface area contributed by atoms with E-state index in [9.17, 15) is 14.4 Å². The van der Waals surface area contributed by atoms with Crippen LogP contribution in [0.4, 0.5) is 0 Å². The Bertz CT molecular complexity index is 186. The number of rotatable bonds is 4. The van der Waals surface area contributed by atoms with Crippen LogP contribution in [0.1, 0.15) is 6.42 Å². The van der Waals surface area contributed by atoms with Gasteiger partial charge in [0.25, 0.3) is 0 Å². The van der Waals surface area contributed by atoms with Crippen LogP contribution in [0.3, 0.4) is 0 Å². The fraction of sp³-hybridized carbons (Fsp3) is 0.400. The van der Waals surface area contributed by atoms with Crippen LogP contribution in [0, 0.1) is 5.92 Å². The molecule has 64 valence electrons. The third-order valence-corrected chi connectivity index (χ3v) is 0.975. The van der Waals surface area contributed by atoms with Gasteiger partial charge in [0.05, 0.1) is 6.42 Å². The molecule has 0 unspecified atom stereocenters. The van der Waals surface area contributed by atoms with Gasteiger partial charge in [0.15, 0.2) is 5.92 Å². The third kappa shape index (κ3) is 5.11.